The molecule has 0 aliphatic carbocycles. The highest BCUT2D eigenvalue weighted by atomic mass is 19.4. The molecule has 0 bridgehead atoms. The number of fused-ring (bicyclic) bond motifs is 4. The van der Waals surface area contributed by atoms with Crippen LogP contribution in [0.1, 0.15) is 58.4 Å². The van der Waals surface area contributed by atoms with Crippen molar-refractivity contribution in [3.63, 3.8) is 0 Å². The Morgan fingerprint density at radius 3 is 2.34 bits per heavy atom. The third-order valence-electron chi connectivity index (χ3n) is 11.6. The Labute approximate surface area is 319 Å². The Kier molecular flexibility index (Phi) is 8.94. The molecule has 4 aliphatic heterocycles. The summed E-state index contributed by atoms with van der Waals surface area (Å²) >= 11 is 0. The van der Waals surface area contributed by atoms with Crippen LogP contribution < -0.4 is 15.1 Å². The first kappa shape index (κ1) is 35.8. The van der Waals surface area contributed by atoms with E-state index in [-0.39, 0.29) is 35.3 Å². The van der Waals surface area contributed by atoms with E-state index < -0.39 is 41.4 Å². The van der Waals surface area contributed by atoms with E-state index in [4.69, 9.17) is 0 Å². The van der Waals surface area contributed by atoms with E-state index in [9.17, 15) is 32.3 Å². The zero-order chi connectivity index (χ0) is 38.7. The summed E-state index contributed by atoms with van der Waals surface area (Å²) in [5.74, 6) is -1.37. The maximum atomic E-state index is 14.5. The van der Waals surface area contributed by atoms with Crippen molar-refractivity contribution >= 4 is 51.9 Å². The van der Waals surface area contributed by atoms with Crippen molar-refractivity contribution in [2.75, 3.05) is 55.6 Å². The van der Waals surface area contributed by atoms with Crippen LogP contribution in [0.3, 0.4) is 0 Å². The van der Waals surface area contributed by atoms with Crippen LogP contribution in [-0.2, 0) is 15.8 Å². The van der Waals surface area contributed by atoms with Gasteiger partial charge in [-0.1, -0.05) is 12.1 Å². The first-order valence-corrected chi connectivity index (χ1v) is 18.9. The molecule has 5 aromatic rings. The summed E-state index contributed by atoms with van der Waals surface area (Å²) in [6.45, 7) is 4.89. The first-order valence-electron chi connectivity index (χ1n) is 18.9. The number of piperazine rings is 1. The second kappa shape index (κ2) is 14.0. The standard InChI is InChI=1S/C40H38F3N9O4/c41-40(42,43)29-21-25(30-12-16-51-32-4-2-1-3-31(32)46-39(51)45-30)23-44-35(29)50-14-10-24(11-15-50)9-13-48-17-19-49(20-18-48)26-5-6-27-28(22-26)38(56)52(37(27)55)33-7-8-34(53)47-36(33)54/h1-6,12,16,21-24,33H,7-11,13-15,17-20H2,(H,47,53,54). The van der Waals surface area contributed by atoms with Crippen LogP contribution in [0.2, 0.25) is 0 Å². The topological polar surface area (TPSA) is 136 Å². The molecular formula is C40H38F3N9O4. The van der Waals surface area contributed by atoms with Crippen molar-refractivity contribution in [1.29, 1.82) is 0 Å². The third-order valence-corrected chi connectivity index (χ3v) is 11.6. The molecule has 3 saturated heterocycles. The van der Waals surface area contributed by atoms with Gasteiger partial charge < -0.3 is 9.80 Å². The number of alkyl halides is 3. The van der Waals surface area contributed by atoms with Gasteiger partial charge >= 0.3 is 6.18 Å². The number of anilines is 2. The average molecular weight is 766 g/mol. The summed E-state index contributed by atoms with van der Waals surface area (Å²) in [5.41, 5.74) is 2.84. The van der Waals surface area contributed by atoms with Crippen molar-refractivity contribution in [3.8, 4) is 11.3 Å². The van der Waals surface area contributed by atoms with Gasteiger partial charge in [-0.15, -0.1) is 0 Å². The molecule has 288 valence electrons. The van der Waals surface area contributed by atoms with Crippen LogP contribution in [-0.4, -0.2) is 105 Å². The van der Waals surface area contributed by atoms with Crippen molar-refractivity contribution in [2.45, 2.75) is 44.3 Å². The van der Waals surface area contributed by atoms with Gasteiger partial charge in [0.1, 0.15) is 11.9 Å². The predicted octanol–water partition coefficient (Wildman–Crippen LogP) is 4.79. The van der Waals surface area contributed by atoms with Crippen molar-refractivity contribution in [3.05, 3.63) is 83.7 Å². The Morgan fingerprint density at radius 2 is 1.57 bits per heavy atom. The second-order valence-corrected chi connectivity index (χ2v) is 14.9. The zero-order valence-electron chi connectivity index (χ0n) is 30.3. The number of rotatable bonds is 7. The quantitative estimate of drug-likeness (QED) is 0.231. The number of nitrogens with one attached hydrogen (secondary N) is 1. The minimum atomic E-state index is -4.59. The number of pyridine rings is 1. The van der Waals surface area contributed by atoms with E-state index in [0.717, 1.165) is 79.7 Å². The molecule has 9 rings (SSSR count). The molecule has 0 spiro atoms. The molecule has 1 atom stereocenters. The number of benzene rings is 2. The third kappa shape index (κ3) is 6.50. The van der Waals surface area contributed by atoms with Gasteiger partial charge in [-0.25, -0.2) is 15.0 Å². The summed E-state index contributed by atoms with van der Waals surface area (Å²) in [4.78, 5) is 71.1. The number of halogens is 3. The minimum absolute atomic E-state index is 0.0512. The molecule has 4 amide bonds. The van der Waals surface area contributed by atoms with Crippen LogP contribution in [0.4, 0.5) is 24.7 Å². The molecule has 1 unspecified atom stereocenters. The number of hydrogen-bond donors (Lipinski definition) is 1. The maximum Gasteiger partial charge on any atom is 0.419 e. The van der Waals surface area contributed by atoms with E-state index in [0.29, 0.717) is 30.5 Å². The fraction of sp³-hybridized carbons (Fsp3) is 0.375. The summed E-state index contributed by atoms with van der Waals surface area (Å²) in [6, 6.07) is 14.5. The second-order valence-electron chi connectivity index (χ2n) is 14.9. The van der Waals surface area contributed by atoms with Crippen LogP contribution in [0.25, 0.3) is 28.1 Å². The Hall–Kier alpha value is -5.90. The van der Waals surface area contributed by atoms with Gasteiger partial charge in [-0.05, 0) is 80.6 Å². The van der Waals surface area contributed by atoms with Crippen LogP contribution >= 0.6 is 0 Å². The smallest absolute Gasteiger partial charge is 0.369 e. The van der Waals surface area contributed by atoms with Gasteiger partial charge in [0.25, 0.3) is 11.8 Å². The zero-order valence-corrected chi connectivity index (χ0v) is 30.3. The molecule has 1 N–H and O–H groups in total. The number of aromatic nitrogens is 4. The maximum absolute atomic E-state index is 14.5. The van der Waals surface area contributed by atoms with E-state index in [1.807, 2.05) is 34.7 Å². The lowest BCUT2D eigenvalue weighted by Crippen LogP contribution is -2.54. The minimum Gasteiger partial charge on any atom is -0.369 e. The highest BCUT2D eigenvalue weighted by Crippen LogP contribution is 2.39. The molecule has 0 radical (unpaired) electrons. The molecule has 0 saturated carbocycles. The number of hydrogen-bond acceptors (Lipinski definition) is 10. The highest BCUT2D eigenvalue weighted by Gasteiger charge is 2.45. The molecule has 7 heterocycles. The number of nitrogens with zero attached hydrogens (tertiary/aromatic N) is 8. The Morgan fingerprint density at radius 1 is 0.804 bits per heavy atom. The van der Waals surface area contributed by atoms with Gasteiger partial charge in [0, 0.05) is 69.3 Å². The molecule has 2 aromatic carbocycles. The van der Waals surface area contributed by atoms with Crippen molar-refractivity contribution in [2.24, 2.45) is 5.92 Å². The molecule has 56 heavy (non-hydrogen) atoms. The normalized spacial score (nSPS) is 20.1. The van der Waals surface area contributed by atoms with Crippen molar-refractivity contribution < 1.29 is 32.3 Å². The van der Waals surface area contributed by atoms with Crippen molar-refractivity contribution in [1.82, 2.24) is 34.5 Å². The monoisotopic (exact) mass is 765 g/mol. The number of carbonyl (C=O) groups is 4. The molecule has 13 nitrogen and oxygen atoms in total. The van der Waals surface area contributed by atoms with Gasteiger partial charge in [-0.2, -0.15) is 13.2 Å². The summed E-state index contributed by atoms with van der Waals surface area (Å²) in [7, 11) is 0. The molecule has 16 heteroatoms. The van der Waals surface area contributed by atoms with E-state index in [2.05, 4.69) is 30.1 Å². The number of para-hydroxylation sites is 2. The largest absolute Gasteiger partial charge is 0.419 e. The Bertz CT molecular complexity index is 2400. The lowest BCUT2D eigenvalue weighted by Gasteiger charge is -2.38. The van der Waals surface area contributed by atoms with E-state index in [1.165, 1.54) is 6.20 Å². The molecule has 3 aromatic heterocycles. The van der Waals surface area contributed by atoms with Crippen LogP contribution in [0.5, 0.6) is 0 Å². The number of amides is 4. The molecule has 3 fully saturated rings. The van der Waals surface area contributed by atoms with Gasteiger partial charge in [0.05, 0.1) is 33.4 Å². The van der Waals surface area contributed by atoms with E-state index >= 15 is 0 Å². The number of imide groups is 2. The molecular weight excluding hydrogens is 727 g/mol. The van der Waals surface area contributed by atoms with Gasteiger partial charge in [0.2, 0.25) is 17.6 Å². The SMILES string of the molecule is O=C1CCC(N2C(=O)c3ccc(N4CCN(CCC5CCN(c6ncc(-c7ccn8c(n7)nc7ccccc78)cc6C(F)(F)F)CC5)CC4)cc3C2=O)C(=O)N1. The first-order chi connectivity index (χ1) is 27.0. The summed E-state index contributed by atoms with van der Waals surface area (Å²) < 4.78 is 45.2. The molecule has 4 aliphatic rings. The lowest BCUT2D eigenvalue weighted by atomic mass is 9.93. The fourth-order valence-corrected chi connectivity index (χ4v) is 8.45. The summed E-state index contributed by atoms with van der Waals surface area (Å²) in [5, 5.41) is 2.22. The average Bonchev–Trinajstić information content (AvgIpc) is 3.70. The fourth-order valence-electron chi connectivity index (χ4n) is 8.45. The van der Waals surface area contributed by atoms with Crippen LogP contribution in [0.15, 0.2) is 67.0 Å². The van der Waals surface area contributed by atoms with Crippen LogP contribution in [0, 0.1) is 5.92 Å². The predicted molar refractivity (Wildman–Crippen MR) is 200 cm³/mol. The number of carbonyl (C=O) groups excluding carboxylic acids is 4. The lowest BCUT2D eigenvalue weighted by molar-refractivity contribution is -0.138. The van der Waals surface area contributed by atoms with Gasteiger partial charge in [0.15, 0.2) is 0 Å². The number of piperidine rings is 2. The Balaban J connectivity index is 0.787. The summed E-state index contributed by atoms with van der Waals surface area (Å²) in [6.07, 6.45) is 1.29. The number of imidazole rings is 1. The van der Waals surface area contributed by atoms with E-state index in [1.54, 1.807) is 29.3 Å². The van der Waals surface area contributed by atoms with Gasteiger partial charge in [-0.3, -0.25) is 38.7 Å². The highest BCUT2D eigenvalue weighted by molar-refractivity contribution is 6.23.